The van der Waals surface area contributed by atoms with Crippen molar-refractivity contribution in [1.82, 2.24) is 4.90 Å². The Balaban J connectivity index is 1.39. The Morgan fingerprint density at radius 3 is 1.76 bits per heavy atom. The minimum absolute atomic E-state index is 0.353. The molecule has 1 fully saturated rings. The number of nitrogens with one attached hydrogen (secondary N) is 1. The number of carbonyl (C=O) groups is 3. The Hall–Kier alpha value is -3.55. The lowest BCUT2D eigenvalue weighted by Gasteiger charge is -2.54. The number of rotatable bonds is 5. The van der Waals surface area contributed by atoms with Crippen molar-refractivity contribution in [2.24, 2.45) is 11.8 Å². The molecule has 3 aliphatic carbocycles. The highest BCUT2D eigenvalue weighted by Gasteiger charge is 2.73. The third-order valence-corrected chi connectivity index (χ3v) is 8.94. The van der Waals surface area contributed by atoms with Crippen LogP contribution in [0.5, 0.6) is 11.5 Å². The molecule has 9 heteroatoms. The standard InChI is InChI=1S/C28H22Cl2N2O5/c1-36-15-11-12-21(37-2)20(13-15)31-22(33)14-32-25(34)23-24(26(32)35)28(30)17-8-4-3-7-16(17)27(23,29)18-9-5-6-10-19(18)28/h3-13,23-24H,14H2,1-2H3,(H,31,33)/t23-,24-,27?,28?/m0/s1. The molecule has 0 unspecified atom stereocenters. The molecule has 1 aliphatic heterocycles. The van der Waals surface area contributed by atoms with Crippen molar-refractivity contribution in [1.29, 1.82) is 0 Å². The highest BCUT2D eigenvalue weighted by Crippen LogP contribution is 2.69. The Morgan fingerprint density at radius 2 is 1.32 bits per heavy atom. The highest BCUT2D eigenvalue weighted by molar-refractivity contribution is 6.36. The predicted molar refractivity (Wildman–Crippen MR) is 138 cm³/mol. The second kappa shape index (κ2) is 8.23. The van der Waals surface area contributed by atoms with Gasteiger partial charge < -0.3 is 14.8 Å². The number of alkyl halides is 2. The van der Waals surface area contributed by atoms with Gasteiger partial charge in [-0.05, 0) is 34.4 Å². The molecule has 3 aromatic rings. The minimum Gasteiger partial charge on any atom is -0.497 e. The molecule has 4 aliphatic rings. The molecular weight excluding hydrogens is 515 g/mol. The van der Waals surface area contributed by atoms with Crippen LogP contribution >= 0.6 is 23.2 Å². The first-order chi connectivity index (χ1) is 17.8. The normalized spacial score (nSPS) is 26.9. The molecule has 37 heavy (non-hydrogen) atoms. The zero-order valence-corrected chi connectivity index (χ0v) is 21.5. The van der Waals surface area contributed by atoms with Crippen LogP contribution in [0.2, 0.25) is 0 Å². The van der Waals surface area contributed by atoms with E-state index in [-0.39, 0.29) is 0 Å². The summed E-state index contributed by atoms with van der Waals surface area (Å²) in [5.74, 6) is -2.60. The second-order valence-electron chi connectivity index (χ2n) is 9.35. The van der Waals surface area contributed by atoms with E-state index in [1.54, 1.807) is 18.2 Å². The summed E-state index contributed by atoms with van der Waals surface area (Å²) in [6, 6.07) is 19.7. The number of likely N-dealkylation sites (tertiary alicyclic amines) is 1. The summed E-state index contributed by atoms with van der Waals surface area (Å²) in [5.41, 5.74) is 3.19. The smallest absolute Gasteiger partial charge is 0.244 e. The monoisotopic (exact) mass is 536 g/mol. The van der Waals surface area contributed by atoms with E-state index in [2.05, 4.69) is 5.32 Å². The topological polar surface area (TPSA) is 84.9 Å². The molecule has 3 amide bonds. The van der Waals surface area contributed by atoms with Crippen LogP contribution in [0.15, 0.2) is 66.7 Å². The number of ether oxygens (including phenoxy) is 2. The molecule has 7 rings (SSSR count). The van der Waals surface area contributed by atoms with Gasteiger partial charge in [0.2, 0.25) is 17.7 Å². The molecule has 2 atom stereocenters. The van der Waals surface area contributed by atoms with Crippen molar-refractivity contribution in [3.8, 4) is 11.5 Å². The molecule has 2 bridgehead atoms. The molecule has 188 valence electrons. The number of carbonyl (C=O) groups excluding carboxylic acids is 3. The summed E-state index contributed by atoms with van der Waals surface area (Å²) in [6.45, 7) is -0.488. The van der Waals surface area contributed by atoms with Crippen molar-refractivity contribution in [3.05, 3.63) is 89.0 Å². The van der Waals surface area contributed by atoms with Crippen LogP contribution in [0.1, 0.15) is 22.3 Å². The number of imide groups is 1. The molecule has 1 saturated heterocycles. The van der Waals surface area contributed by atoms with Crippen LogP contribution in [0.3, 0.4) is 0 Å². The fourth-order valence-electron chi connectivity index (χ4n) is 6.13. The zero-order valence-electron chi connectivity index (χ0n) is 20.0. The maximum absolute atomic E-state index is 13.9. The van der Waals surface area contributed by atoms with Gasteiger partial charge in [0.1, 0.15) is 27.8 Å². The molecule has 0 aromatic heterocycles. The van der Waals surface area contributed by atoms with Crippen LogP contribution in [0, 0.1) is 11.8 Å². The average Bonchev–Trinajstić information content (AvgIpc) is 3.17. The van der Waals surface area contributed by atoms with E-state index in [1.165, 1.54) is 14.2 Å². The number of anilines is 1. The van der Waals surface area contributed by atoms with Gasteiger partial charge in [0.05, 0.1) is 31.7 Å². The number of hydrogen-bond donors (Lipinski definition) is 1. The van der Waals surface area contributed by atoms with E-state index >= 15 is 0 Å². The number of hydrogen-bond acceptors (Lipinski definition) is 5. The Labute approximate surface area is 223 Å². The van der Waals surface area contributed by atoms with Gasteiger partial charge in [0, 0.05) is 6.07 Å². The summed E-state index contributed by atoms with van der Waals surface area (Å²) >= 11 is 14.8. The summed E-state index contributed by atoms with van der Waals surface area (Å²) in [6.07, 6.45) is 0. The lowest BCUT2D eigenvalue weighted by molar-refractivity contribution is -0.142. The summed E-state index contributed by atoms with van der Waals surface area (Å²) in [4.78, 5) is 39.2. The van der Waals surface area contributed by atoms with Gasteiger partial charge in [-0.1, -0.05) is 48.5 Å². The first-order valence-electron chi connectivity index (χ1n) is 11.7. The maximum atomic E-state index is 13.9. The number of amides is 3. The van der Waals surface area contributed by atoms with Crippen LogP contribution in [-0.2, 0) is 24.1 Å². The SMILES string of the molecule is COc1ccc(OC)c(NC(=O)CN2C(=O)[C@@H]3[C@@H](C2=O)C2(Cl)c4ccccc4C3(Cl)c3ccccc32)c1. The molecule has 7 nitrogen and oxygen atoms in total. The molecule has 3 aromatic carbocycles. The average molecular weight is 537 g/mol. The van der Waals surface area contributed by atoms with Gasteiger partial charge in [-0.25, -0.2) is 0 Å². The number of halogens is 2. The Bertz CT molecular complexity index is 1370. The fraction of sp³-hybridized carbons (Fsp3) is 0.250. The number of nitrogens with zero attached hydrogens (tertiary/aromatic N) is 1. The lowest BCUT2D eigenvalue weighted by Crippen LogP contribution is -2.57. The summed E-state index contributed by atoms with van der Waals surface area (Å²) < 4.78 is 10.5. The van der Waals surface area contributed by atoms with Gasteiger partial charge in [-0.15, -0.1) is 23.2 Å². The Kier molecular flexibility index (Phi) is 5.30. The largest absolute Gasteiger partial charge is 0.497 e. The van der Waals surface area contributed by atoms with Crippen molar-refractivity contribution >= 4 is 46.6 Å². The molecule has 1 N–H and O–H groups in total. The third-order valence-electron chi connectivity index (χ3n) is 7.66. The van der Waals surface area contributed by atoms with Crippen molar-refractivity contribution in [3.63, 3.8) is 0 Å². The molecular formula is C28H22Cl2N2O5. The number of benzene rings is 3. The van der Waals surface area contributed by atoms with E-state index < -0.39 is 45.9 Å². The molecule has 0 saturated carbocycles. The predicted octanol–water partition coefficient (Wildman–Crippen LogP) is 4.24. The first kappa shape index (κ1) is 23.8. The van der Waals surface area contributed by atoms with Gasteiger partial charge >= 0.3 is 0 Å². The maximum Gasteiger partial charge on any atom is 0.244 e. The van der Waals surface area contributed by atoms with E-state index in [0.717, 1.165) is 4.90 Å². The van der Waals surface area contributed by atoms with Gasteiger partial charge in [-0.2, -0.15) is 0 Å². The molecule has 1 heterocycles. The van der Waals surface area contributed by atoms with Crippen molar-refractivity contribution in [2.45, 2.75) is 9.75 Å². The van der Waals surface area contributed by atoms with Crippen molar-refractivity contribution in [2.75, 3.05) is 26.1 Å². The second-order valence-corrected chi connectivity index (χ2v) is 10.5. The van der Waals surface area contributed by atoms with E-state index in [0.29, 0.717) is 39.4 Å². The van der Waals surface area contributed by atoms with Gasteiger partial charge in [0.25, 0.3) is 0 Å². The first-order valence-corrected chi connectivity index (χ1v) is 12.5. The van der Waals surface area contributed by atoms with Crippen LogP contribution in [0.25, 0.3) is 0 Å². The van der Waals surface area contributed by atoms with Crippen molar-refractivity contribution < 1.29 is 23.9 Å². The third kappa shape index (κ3) is 3.04. The van der Waals surface area contributed by atoms with E-state index in [9.17, 15) is 14.4 Å². The van der Waals surface area contributed by atoms with E-state index in [1.807, 2.05) is 48.5 Å². The highest BCUT2D eigenvalue weighted by atomic mass is 35.5. The minimum atomic E-state index is -1.29. The van der Waals surface area contributed by atoms with Crippen LogP contribution < -0.4 is 14.8 Å². The number of methoxy groups -OCH3 is 2. The van der Waals surface area contributed by atoms with Gasteiger partial charge in [0.15, 0.2) is 0 Å². The lowest BCUT2D eigenvalue weighted by atomic mass is 9.54. The summed E-state index contributed by atoms with van der Waals surface area (Å²) in [5, 5.41) is 2.72. The summed E-state index contributed by atoms with van der Waals surface area (Å²) in [7, 11) is 2.98. The van der Waals surface area contributed by atoms with Crippen LogP contribution in [-0.4, -0.2) is 43.4 Å². The van der Waals surface area contributed by atoms with Crippen LogP contribution in [0.4, 0.5) is 5.69 Å². The fourth-order valence-corrected chi connectivity index (χ4v) is 7.22. The quantitative estimate of drug-likeness (QED) is 0.389. The van der Waals surface area contributed by atoms with Gasteiger partial charge in [-0.3, -0.25) is 19.3 Å². The zero-order chi connectivity index (χ0) is 26.1. The molecule has 0 radical (unpaired) electrons. The van der Waals surface area contributed by atoms with E-state index in [4.69, 9.17) is 32.7 Å². The molecule has 0 spiro atoms. The Morgan fingerprint density at radius 1 is 0.838 bits per heavy atom.